The van der Waals surface area contributed by atoms with Gasteiger partial charge in [-0.25, -0.2) is 4.39 Å². The molecule has 0 amide bonds. The van der Waals surface area contributed by atoms with E-state index in [2.05, 4.69) is 5.10 Å². The third kappa shape index (κ3) is 3.27. The van der Waals surface area contributed by atoms with Crippen LogP contribution in [0.3, 0.4) is 0 Å². The van der Waals surface area contributed by atoms with Crippen molar-refractivity contribution in [2.75, 3.05) is 0 Å². The zero-order valence-corrected chi connectivity index (χ0v) is 14.6. The maximum Gasteiger partial charge on any atom is 0.524 e. The number of aromatic nitrogens is 2. The standard InChI is InChI=1S/C16H20BFN2O2S/c1-15(2)16(3,4)22-17(21-15)14(18)7-8-20-11-12(10-19-20)13-6-5-9-23-13/h5-7,9-11H,8H2,1-4H3. The molecule has 0 atom stereocenters. The molecule has 2 aromatic heterocycles. The minimum absolute atomic E-state index is 0.335. The first-order chi connectivity index (χ1) is 10.8. The molecule has 0 bridgehead atoms. The number of thiophene rings is 1. The van der Waals surface area contributed by atoms with Crippen LogP contribution in [0.4, 0.5) is 4.39 Å². The molecule has 0 saturated carbocycles. The van der Waals surface area contributed by atoms with Crippen molar-refractivity contribution >= 4 is 18.5 Å². The van der Waals surface area contributed by atoms with E-state index in [-0.39, 0.29) is 0 Å². The minimum Gasteiger partial charge on any atom is -0.398 e. The Hall–Kier alpha value is -1.44. The lowest BCUT2D eigenvalue weighted by Crippen LogP contribution is -2.41. The molecule has 0 unspecified atom stereocenters. The van der Waals surface area contributed by atoms with Gasteiger partial charge in [0.15, 0.2) is 0 Å². The van der Waals surface area contributed by atoms with E-state index >= 15 is 0 Å². The van der Waals surface area contributed by atoms with Crippen LogP contribution < -0.4 is 0 Å². The number of halogens is 1. The summed E-state index contributed by atoms with van der Waals surface area (Å²) in [5.41, 5.74) is -0.469. The Balaban J connectivity index is 1.67. The number of allylic oxidation sites excluding steroid dienone is 1. The molecule has 2 aromatic rings. The van der Waals surface area contributed by atoms with Crippen molar-refractivity contribution in [2.45, 2.75) is 45.4 Å². The Morgan fingerprint density at radius 2 is 2.04 bits per heavy atom. The van der Waals surface area contributed by atoms with Gasteiger partial charge in [-0.3, -0.25) is 4.68 Å². The maximum absolute atomic E-state index is 14.3. The van der Waals surface area contributed by atoms with Crippen LogP contribution in [0.25, 0.3) is 10.4 Å². The number of rotatable bonds is 4. The van der Waals surface area contributed by atoms with Crippen molar-refractivity contribution in [2.24, 2.45) is 0 Å². The van der Waals surface area contributed by atoms with Gasteiger partial charge in [-0.15, -0.1) is 11.3 Å². The summed E-state index contributed by atoms with van der Waals surface area (Å²) in [5.74, 6) is 0. The molecule has 0 aromatic carbocycles. The highest BCUT2D eigenvalue weighted by Crippen LogP contribution is 2.38. The molecule has 122 valence electrons. The van der Waals surface area contributed by atoms with Crippen LogP contribution in [-0.2, 0) is 15.9 Å². The maximum atomic E-state index is 14.3. The van der Waals surface area contributed by atoms with Crippen LogP contribution >= 0.6 is 11.3 Å². The molecule has 0 spiro atoms. The Bertz CT molecular complexity index is 693. The Kier molecular flexibility index (Phi) is 4.20. The van der Waals surface area contributed by atoms with Gasteiger partial charge in [0.25, 0.3) is 0 Å². The van der Waals surface area contributed by atoms with Crippen molar-refractivity contribution in [1.29, 1.82) is 0 Å². The van der Waals surface area contributed by atoms with Gasteiger partial charge < -0.3 is 9.31 Å². The van der Waals surface area contributed by atoms with E-state index in [1.807, 2.05) is 51.4 Å². The van der Waals surface area contributed by atoms with Gasteiger partial charge in [0.1, 0.15) is 5.73 Å². The third-order valence-electron chi connectivity index (χ3n) is 4.39. The zero-order valence-electron chi connectivity index (χ0n) is 13.7. The molecule has 1 aliphatic rings. The summed E-state index contributed by atoms with van der Waals surface area (Å²) in [5, 5.41) is 6.28. The quantitative estimate of drug-likeness (QED) is 0.790. The molecular weight excluding hydrogens is 314 g/mol. The average molecular weight is 334 g/mol. The minimum atomic E-state index is -0.952. The monoisotopic (exact) mass is 334 g/mol. The molecule has 0 N–H and O–H groups in total. The van der Waals surface area contributed by atoms with E-state index < -0.39 is 24.0 Å². The van der Waals surface area contributed by atoms with E-state index in [0.29, 0.717) is 6.54 Å². The van der Waals surface area contributed by atoms with Crippen LogP contribution in [0.1, 0.15) is 27.7 Å². The normalized spacial score (nSPS) is 20.2. The van der Waals surface area contributed by atoms with Crippen LogP contribution in [0, 0.1) is 0 Å². The summed E-state index contributed by atoms with van der Waals surface area (Å²) in [6, 6.07) is 4.03. The van der Waals surface area contributed by atoms with Gasteiger partial charge in [0.05, 0.1) is 23.9 Å². The molecule has 7 heteroatoms. The van der Waals surface area contributed by atoms with E-state index in [1.165, 1.54) is 6.08 Å². The van der Waals surface area contributed by atoms with Crippen molar-refractivity contribution in [3.63, 3.8) is 0 Å². The molecular formula is C16H20BFN2O2S. The Labute approximate surface area is 140 Å². The summed E-state index contributed by atoms with van der Waals surface area (Å²) in [6.07, 6.45) is 5.14. The fourth-order valence-electron chi connectivity index (χ4n) is 2.27. The Morgan fingerprint density at radius 3 is 2.65 bits per heavy atom. The predicted molar refractivity (Wildman–Crippen MR) is 90.8 cm³/mol. The van der Waals surface area contributed by atoms with Crippen molar-refractivity contribution in [3.05, 3.63) is 41.7 Å². The second kappa shape index (κ2) is 5.89. The topological polar surface area (TPSA) is 36.3 Å². The average Bonchev–Trinajstić information content (AvgIpc) is 3.16. The van der Waals surface area contributed by atoms with E-state index in [4.69, 9.17) is 9.31 Å². The van der Waals surface area contributed by atoms with Gasteiger partial charge >= 0.3 is 7.12 Å². The molecule has 0 aliphatic carbocycles. The third-order valence-corrected chi connectivity index (χ3v) is 5.31. The highest BCUT2D eigenvalue weighted by Gasteiger charge is 2.52. The molecule has 23 heavy (non-hydrogen) atoms. The largest absolute Gasteiger partial charge is 0.524 e. The number of hydrogen-bond donors (Lipinski definition) is 0. The van der Waals surface area contributed by atoms with Gasteiger partial charge in [0.2, 0.25) is 0 Å². The second-order valence-electron chi connectivity index (χ2n) is 6.61. The highest BCUT2D eigenvalue weighted by atomic mass is 32.1. The molecule has 3 rings (SSSR count). The summed E-state index contributed by atoms with van der Waals surface area (Å²) in [7, 11) is -0.952. The fraction of sp³-hybridized carbons (Fsp3) is 0.438. The SMILES string of the molecule is CC1(C)OB(C(F)=CCn2cc(-c3cccs3)cn2)OC1(C)C. The lowest BCUT2D eigenvalue weighted by molar-refractivity contribution is 0.00578. The first-order valence-corrected chi connectivity index (χ1v) is 8.44. The lowest BCUT2D eigenvalue weighted by atomic mass is 9.88. The second-order valence-corrected chi connectivity index (χ2v) is 7.55. The van der Waals surface area contributed by atoms with Crippen molar-refractivity contribution < 1.29 is 13.7 Å². The smallest absolute Gasteiger partial charge is 0.398 e. The molecule has 0 radical (unpaired) electrons. The highest BCUT2D eigenvalue weighted by molar-refractivity contribution is 7.13. The molecule has 1 fully saturated rings. The Morgan fingerprint density at radius 1 is 1.35 bits per heavy atom. The summed E-state index contributed by atoms with van der Waals surface area (Å²) < 4.78 is 27.4. The fourth-order valence-corrected chi connectivity index (χ4v) is 2.97. The summed E-state index contributed by atoms with van der Waals surface area (Å²) >= 11 is 1.65. The van der Waals surface area contributed by atoms with Gasteiger partial charge in [0, 0.05) is 16.6 Å². The van der Waals surface area contributed by atoms with E-state index in [0.717, 1.165) is 10.4 Å². The van der Waals surface area contributed by atoms with Gasteiger partial charge in [-0.05, 0) is 45.2 Å². The summed E-state index contributed by atoms with van der Waals surface area (Å²) in [6.45, 7) is 7.95. The van der Waals surface area contributed by atoms with Gasteiger partial charge in [-0.2, -0.15) is 5.10 Å². The van der Waals surface area contributed by atoms with Crippen LogP contribution in [0.5, 0.6) is 0 Å². The first-order valence-electron chi connectivity index (χ1n) is 7.56. The van der Waals surface area contributed by atoms with E-state index in [1.54, 1.807) is 22.2 Å². The number of hydrogen-bond acceptors (Lipinski definition) is 4. The van der Waals surface area contributed by atoms with Crippen molar-refractivity contribution in [3.8, 4) is 10.4 Å². The van der Waals surface area contributed by atoms with Crippen LogP contribution in [0.2, 0.25) is 0 Å². The molecule has 4 nitrogen and oxygen atoms in total. The lowest BCUT2D eigenvalue weighted by Gasteiger charge is -2.32. The van der Waals surface area contributed by atoms with Crippen LogP contribution in [-0.4, -0.2) is 28.1 Å². The predicted octanol–water partition coefficient (Wildman–Crippen LogP) is 4.10. The van der Waals surface area contributed by atoms with E-state index in [9.17, 15) is 4.39 Å². The number of nitrogens with zero attached hydrogens (tertiary/aromatic N) is 2. The van der Waals surface area contributed by atoms with Crippen molar-refractivity contribution in [1.82, 2.24) is 9.78 Å². The molecule has 1 saturated heterocycles. The summed E-state index contributed by atoms with van der Waals surface area (Å²) in [4.78, 5) is 1.15. The zero-order chi connectivity index (χ0) is 16.7. The first kappa shape index (κ1) is 16.4. The molecule has 3 heterocycles. The van der Waals surface area contributed by atoms with Crippen LogP contribution in [0.15, 0.2) is 41.7 Å². The van der Waals surface area contributed by atoms with Gasteiger partial charge in [-0.1, -0.05) is 6.07 Å². The molecule has 1 aliphatic heterocycles.